The Balaban J connectivity index is 1.14. The van der Waals surface area contributed by atoms with Crippen LogP contribution in [0.1, 0.15) is 16.7 Å². The Hall–Kier alpha value is -4.15. The van der Waals surface area contributed by atoms with E-state index in [0.29, 0.717) is 19.0 Å². The smallest absolute Gasteiger partial charge is 0.237 e. The summed E-state index contributed by atoms with van der Waals surface area (Å²) in [5.41, 5.74) is 5.76. The molecule has 2 N–H and O–H groups in total. The highest BCUT2D eigenvalue weighted by molar-refractivity contribution is 5.69. The first kappa shape index (κ1) is 22.6. The molecule has 4 aromatic rings. The normalized spacial score (nSPS) is 14.5. The average molecular weight is 468 g/mol. The quantitative estimate of drug-likeness (QED) is 0.302. The van der Waals surface area contributed by atoms with E-state index >= 15 is 0 Å². The van der Waals surface area contributed by atoms with Crippen molar-refractivity contribution in [3.63, 3.8) is 0 Å². The molecule has 6 nitrogen and oxygen atoms in total. The van der Waals surface area contributed by atoms with Gasteiger partial charge in [0.05, 0.1) is 25.0 Å². The first-order chi connectivity index (χ1) is 17.2. The number of pyridine rings is 1. The van der Waals surface area contributed by atoms with E-state index < -0.39 is 0 Å². The number of hydrogen-bond donors (Lipinski definition) is 2. The minimum Gasteiger partial charge on any atom is -0.470 e. The number of ether oxygens (including phenoxy) is 1. The van der Waals surface area contributed by atoms with Gasteiger partial charge in [-0.2, -0.15) is 5.10 Å². The number of anilines is 1. The molecule has 0 fully saturated rings. The number of terminal acetylenes is 1. The van der Waals surface area contributed by atoms with Crippen LogP contribution in [0.3, 0.4) is 0 Å². The third kappa shape index (κ3) is 5.68. The molecule has 1 aliphatic heterocycles. The molecular weight excluding hydrogens is 441 g/mol. The SMILES string of the molecule is C#Cc1ccc(CCNCC2CNc3cc(-c4cnn(Cc5cccc(F)c5)c4)cnc3O2)cc1. The molecule has 2 aromatic carbocycles. The van der Waals surface area contributed by atoms with Crippen molar-refractivity contribution >= 4 is 5.69 Å². The molecule has 176 valence electrons. The maximum absolute atomic E-state index is 13.4. The summed E-state index contributed by atoms with van der Waals surface area (Å²) in [4.78, 5) is 4.53. The number of rotatable bonds is 8. The number of nitrogens with one attached hydrogen (secondary N) is 2. The molecule has 5 rings (SSSR count). The second-order valence-corrected chi connectivity index (χ2v) is 8.55. The van der Waals surface area contributed by atoms with Gasteiger partial charge < -0.3 is 15.4 Å². The van der Waals surface area contributed by atoms with Gasteiger partial charge >= 0.3 is 0 Å². The Morgan fingerprint density at radius 2 is 2.00 bits per heavy atom. The predicted molar refractivity (Wildman–Crippen MR) is 135 cm³/mol. The van der Waals surface area contributed by atoms with Gasteiger partial charge in [0, 0.05) is 35.6 Å². The van der Waals surface area contributed by atoms with Crippen molar-refractivity contribution in [3.05, 3.63) is 95.7 Å². The lowest BCUT2D eigenvalue weighted by Crippen LogP contribution is -2.40. The van der Waals surface area contributed by atoms with E-state index in [-0.39, 0.29) is 11.9 Å². The van der Waals surface area contributed by atoms with E-state index in [2.05, 4.69) is 38.8 Å². The van der Waals surface area contributed by atoms with Crippen molar-refractivity contribution in [1.29, 1.82) is 0 Å². The second-order valence-electron chi connectivity index (χ2n) is 8.55. The van der Waals surface area contributed by atoms with Crippen molar-refractivity contribution < 1.29 is 9.13 Å². The molecule has 0 saturated heterocycles. The highest BCUT2D eigenvalue weighted by Gasteiger charge is 2.21. The summed E-state index contributed by atoms with van der Waals surface area (Å²) >= 11 is 0. The van der Waals surface area contributed by atoms with Gasteiger partial charge in [-0.15, -0.1) is 6.42 Å². The maximum atomic E-state index is 13.4. The summed E-state index contributed by atoms with van der Waals surface area (Å²) in [5.74, 6) is 2.99. The van der Waals surface area contributed by atoms with E-state index in [1.165, 1.54) is 17.7 Å². The van der Waals surface area contributed by atoms with Gasteiger partial charge in [0.25, 0.3) is 0 Å². The van der Waals surface area contributed by atoms with Crippen LogP contribution < -0.4 is 15.4 Å². The third-order valence-electron chi connectivity index (χ3n) is 5.93. The predicted octanol–water partition coefficient (Wildman–Crippen LogP) is 4.12. The molecule has 0 aliphatic carbocycles. The molecule has 3 heterocycles. The maximum Gasteiger partial charge on any atom is 0.237 e. The Bertz CT molecular complexity index is 1340. The molecule has 35 heavy (non-hydrogen) atoms. The Labute approximate surface area is 204 Å². The van der Waals surface area contributed by atoms with Crippen LogP contribution in [0.4, 0.5) is 10.1 Å². The van der Waals surface area contributed by atoms with Gasteiger partial charge in [-0.1, -0.05) is 30.2 Å². The van der Waals surface area contributed by atoms with Crippen LogP contribution in [0.25, 0.3) is 11.1 Å². The summed E-state index contributed by atoms with van der Waals surface area (Å²) in [5, 5.41) is 11.3. The molecule has 1 aliphatic rings. The van der Waals surface area contributed by atoms with Gasteiger partial charge in [0.2, 0.25) is 5.88 Å². The molecule has 2 aromatic heterocycles. The fraction of sp³-hybridized carbons (Fsp3) is 0.214. The second kappa shape index (κ2) is 10.4. The summed E-state index contributed by atoms with van der Waals surface area (Å²) in [6, 6.07) is 16.6. The first-order valence-electron chi connectivity index (χ1n) is 11.6. The van der Waals surface area contributed by atoms with Crippen LogP contribution >= 0.6 is 0 Å². The standard InChI is InChI=1S/C28H26FN5O/c1-2-20-6-8-21(9-7-20)10-11-30-16-26-17-31-27-13-23(14-32-28(27)35-26)24-15-33-34(19-24)18-22-4-3-5-25(29)12-22/h1,3-9,12-15,19,26,30-31H,10-11,16-18H2. The zero-order valence-electron chi connectivity index (χ0n) is 19.2. The number of fused-ring (bicyclic) bond motifs is 1. The minimum absolute atomic E-state index is 0.00122. The fourth-order valence-electron chi connectivity index (χ4n) is 4.05. The van der Waals surface area contributed by atoms with E-state index in [4.69, 9.17) is 11.2 Å². The van der Waals surface area contributed by atoms with Crippen LogP contribution in [0.15, 0.2) is 73.2 Å². The van der Waals surface area contributed by atoms with E-state index in [9.17, 15) is 4.39 Å². The van der Waals surface area contributed by atoms with Gasteiger partial charge in [-0.05, 0) is 54.4 Å². The summed E-state index contributed by atoms with van der Waals surface area (Å²) in [7, 11) is 0. The summed E-state index contributed by atoms with van der Waals surface area (Å²) in [6.07, 6.45) is 11.8. The lowest BCUT2D eigenvalue weighted by atomic mass is 10.1. The minimum atomic E-state index is -0.247. The van der Waals surface area contributed by atoms with E-state index in [1.807, 2.05) is 30.5 Å². The molecule has 0 spiro atoms. The lowest BCUT2D eigenvalue weighted by molar-refractivity contribution is 0.194. The number of nitrogens with zero attached hydrogens (tertiary/aromatic N) is 3. The average Bonchev–Trinajstić information content (AvgIpc) is 3.35. The number of hydrogen-bond acceptors (Lipinski definition) is 5. The Morgan fingerprint density at radius 3 is 2.83 bits per heavy atom. The van der Waals surface area contributed by atoms with Gasteiger partial charge in [-0.3, -0.25) is 4.68 Å². The largest absolute Gasteiger partial charge is 0.470 e. The summed E-state index contributed by atoms with van der Waals surface area (Å²) in [6.45, 7) is 2.78. The van der Waals surface area contributed by atoms with Crippen molar-refractivity contribution in [3.8, 4) is 29.4 Å². The van der Waals surface area contributed by atoms with Crippen LogP contribution in [0, 0.1) is 18.2 Å². The molecule has 1 unspecified atom stereocenters. The van der Waals surface area contributed by atoms with Crippen molar-refractivity contribution in [2.24, 2.45) is 0 Å². The molecule has 0 bridgehead atoms. The molecule has 0 radical (unpaired) electrons. The Morgan fingerprint density at radius 1 is 1.11 bits per heavy atom. The fourth-order valence-corrected chi connectivity index (χ4v) is 4.05. The van der Waals surface area contributed by atoms with Gasteiger partial charge in [-0.25, -0.2) is 9.37 Å². The zero-order valence-corrected chi connectivity index (χ0v) is 19.2. The molecule has 0 amide bonds. The number of benzene rings is 2. The van der Waals surface area contributed by atoms with Crippen molar-refractivity contribution in [2.75, 3.05) is 25.0 Å². The monoisotopic (exact) mass is 467 g/mol. The highest BCUT2D eigenvalue weighted by atomic mass is 19.1. The van der Waals surface area contributed by atoms with Gasteiger partial charge in [0.1, 0.15) is 11.9 Å². The molecule has 1 atom stereocenters. The number of halogens is 1. The Kier molecular flexibility index (Phi) is 6.73. The zero-order chi connectivity index (χ0) is 24.0. The molecular formula is C28H26FN5O. The lowest BCUT2D eigenvalue weighted by Gasteiger charge is -2.27. The van der Waals surface area contributed by atoms with Crippen LogP contribution in [0.2, 0.25) is 0 Å². The number of aromatic nitrogens is 3. The van der Waals surface area contributed by atoms with E-state index in [0.717, 1.165) is 47.5 Å². The van der Waals surface area contributed by atoms with Crippen molar-refractivity contribution in [1.82, 2.24) is 20.1 Å². The van der Waals surface area contributed by atoms with Crippen LogP contribution in [0.5, 0.6) is 5.88 Å². The highest BCUT2D eigenvalue weighted by Crippen LogP contribution is 2.31. The van der Waals surface area contributed by atoms with Crippen LogP contribution in [-0.2, 0) is 13.0 Å². The first-order valence-corrected chi connectivity index (χ1v) is 11.6. The molecule has 7 heteroatoms. The van der Waals surface area contributed by atoms with Crippen molar-refractivity contribution in [2.45, 2.75) is 19.1 Å². The molecule has 0 saturated carbocycles. The third-order valence-corrected chi connectivity index (χ3v) is 5.93. The van der Waals surface area contributed by atoms with Gasteiger partial charge in [0.15, 0.2) is 0 Å². The topological polar surface area (TPSA) is 64.0 Å². The van der Waals surface area contributed by atoms with E-state index in [1.54, 1.807) is 23.1 Å². The van der Waals surface area contributed by atoms with Crippen LogP contribution in [-0.4, -0.2) is 40.5 Å². The summed E-state index contributed by atoms with van der Waals surface area (Å²) < 4.78 is 21.3.